The van der Waals surface area contributed by atoms with Crippen LogP contribution in [0.1, 0.15) is 12.5 Å². The molecule has 0 aliphatic carbocycles. The number of nitro groups is 1. The van der Waals surface area contributed by atoms with Gasteiger partial charge in [0.2, 0.25) is 5.91 Å². The molecule has 0 aromatic heterocycles. The first kappa shape index (κ1) is 20.1. The predicted octanol–water partition coefficient (Wildman–Crippen LogP) is 2.10. The normalized spacial score (nSPS) is 14.3. The largest absolute Gasteiger partial charge is 0.870 e. The monoisotopic (exact) mass is 397 g/mol. The third-order valence-electron chi connectivity index (χ3n) is 4.79. The van der Waals surface area contributed by atoms with Crippen LogP contribution in [0, 0.1) is 10.1 Å². The lowest BCUT2D eigenvalue weighted by Crippen LogP contribution is -2.48. The van der Waals surface area contributed by atoms with Crippen molar-refractivity contribution in [3.05, 3.63) is 52.1 Å². The highest BCUT2D eigenvalue weighted by atomic mass is 16.6. The standard InChI is InChI=1S/C20H22N4O5/c1-14(25)22-7-9-23(10-8-22)17-5-3-16(4-6-17)21-13-15-11-18(24(27)28)12-19(29-2)20(15)26/h3-6,11-13,26H,7-10H2,1-2H3/p-1. The molecule has 0 bridgehead atoms. The fourth-order valence-corrected chi connectivity index (χ4v) is 3.13. The molecule has 3 rings (SSSR count). The van der Waals surface area contributed by atoms with Crippen molar-refractivity contribution in [2.75, 3.05) is 38.2 Å². The second kappa shape index (κ2) is 8.59. The molecule has 1 aliphatic heterocycles. The molecule has 0 atom stereocenters. The zero-order valence-electron chi connectivity index (χ0n) is 16.2. The number of ether oxygens (including phenoxy) is 1. The van der Waals surface area contributed by atoms with Crippen LogP contribution < -0.4 is 14.7 Å². The van der Waals surface area contributed by atoms with Crippen LogP contribution in [0.2, 0.25) is 0 Å². The molecule has 1 heterocycles. The first-order chi connectivity index (χ1) is 13.9. The maximum atomic E-state index is 12.3. The van der Waals surface area contributed by atoms with Crippen molar-refractivity contribution in [1.29, 1.82) is 0 Å². The van der Waals surface area contributed by atoms with Crippen molar-refractivity contribution in [1.82, 2.24) is 4.90 Å². The molecule has 2 aromatic rings. The van der Waals surface area contributed by atoms with Crippen LogP contribution in [0.25, 0.3) is 0 Å². The molecule has 152 valence electrons. The molecule has 29 heavy (non-hydrogen) atoms. The lowest BCUT2D eigenvalue weighted by Gasteiger charge is -2.35. The molecule has 1 amide bonds. The number of hydrogen-bond donors (Lipinski definition) is 0. The number of piperazine rings is 1. The summed E-state index contributed by atoms with van der Waals surface area (Å²) in [5.41, 5.74) is 1.48. The van der Waals surface area contributed by atoms with Gasteiger partial charge in [0.15, 0.2) is 0 Å². The molecule has 1 fully saturated rings. The second-order valence-corrected chi connectivity index (χ2v) is 6.59. The predicted molar refractivity (Wildman–Crippen MR) is 107 cm³/mol. The van der Waals surface area contributed by atoms with Crippen molar-refractivity contribution in [2.24, 2.45) is 4.99 Å². The van der Waals surface area contributed by atoms with E-state index in [-0.39, 0.29) is 22.9 Å². The molecule has 0 spiro atoms. The van der Waals surface area contributed by atoms with Crippen LogP contribution in [-0.4, -0.2) is 55.2 Å². The Hall–Kier alpha value is -3.62. The van der Waals surface area contributed by atoms with Gasteiger partial charge in [-0.2, -0.15) is 0 Å². The lowest BCUT2D eigenvalue weighted by molar-refractivity contribution is -0.385. The van der Waals surface area contributed by atoms with Crippen LogP contribution >= 0.6 is 0 Å². The summed E-state index contributed by atoms with van der Waals surface area (Å²) in [4.78, 5) is 30.1. The number of aliphatic imine (C=N–C) groups is 1. The number of carbonyl (C=O) groups is 1. The van der Waals surface area contributed by atoms with E-state index in [0.717, 1.165) is 24.8 Å². The Bertz CT molecular complexity index is 935. The summed E-state index contributed by atoms with van der Waals surface area (Å²) in [5, 5.41) is 23.3. The maximum absolute atomic E-state index is 12.3. The number of amides is 1. The van der Waals surface area contributed by atoms with Gasteiger partial charge in [-0.05, 0) is 29.8 Å². The van der Waals surface area contributed by atoms with Gasteiger partial charge in [-0.1, -0.05) is 5.75 Å². The fraction of sp³-hybridized carbons (Fsp3) is 0.300. The Morgan fingerprint density at radius 2 is 1.83 bits per heavy atom. The number of nitro benzene ring substituents is 1. The molecular formula is C20H21N4O5-. The van der Waals surface area contributed by atoms with Crippen molar-refractivity contribution < 1.29 is 19.6 Å². The van der Waals surface area contributed by atoms with Gasteiger partial charge in [-0.25, -0.2) is 0 Å². The van der Waals surface area contributed by atoms with Crippen LogP contribution in [0.5, 0.6) is 11.5 Å². The number of methoxy groups -OCH3 is 1. The van der Waals surface area contributed by atoms with Crippen LogP contribution in [0.15, 0.2) is 41.4 Å². The number of rotatable bonds is 5. The van der Waals surface area contributed by atoms with E-state index >= 15 is 0 Å². The smallest absolute Gasteiger partial charge is 0.273 e. The Balaban J connectivity index is 1.73. The van der Waals surface area contributed by atoms with Gasteiger partial charge >= 0.3 is 0 Å². The second-order valence-electron chi connectivity index (χ2n) is 6.59. The lowest BCUT2D eigenvalue weighted by atomic mass is 10.1. The molecule has 2 aromatic carbocycles. The molecule has 9 nitrogen and oxygen atoms in total. The third-order valence-corrected chi connectivity index (χ3v) is 4.79. The summed E-state index contributed by atoms with van der Waals surface area (Å²) in [5.74, 6) is -0.465. The topological polar surface area (TPSA) is 111 Å². The molecule has 0 saturated carbocycles. The Labute approximate surface area is 168 Å². The number of nitrogens with zero attached hydrogens (tertiary/aromatic N) is 4. The molecule has 0 unspecified atom stereocenters. The summed E-state index contributed by atoms with van der Waals surface area (Å²) in [6.45, 7) is 4.48. The van der Waals surface area contributed by atoms with E-state index in [1.165, 1.54) is 19.4 Å². The maximum Gasteiger partial charge on any atom is 0.273 e. The van der Waals surface area contributed by atoms with Crippen molar-refractivity contribution in [2.45, 2.75) is 6.92 Å². The van der Waals surface area contributed by atoms with E-state index in [1.807, 2.05) is 29.2 Å². The highest BCUT2D eigenvalue weighted by Gasteiger charge is 2.18. The Morgan fingerprint density at radius 1 is 1.17 bits per heavy atom. The van der Waals surface area contributed by atoms with E-state index in [4.69, 9.17) is 4.74 Å². The minimum absolute atomic E-state index is 0.0838. The quantitative estimate of drug-likeness (QED) is 0.434. The van der Waals surface area contributed by atoms with Crippen molar-refractivity contribution in [3.8, 4) is 11.5 Å². The summed E-state index contributed by atoms with van der Waals surface area (Å²) in [6, 6.07) is 9.73. The molecule has 9 heteroatoms. The average molecular weight is 397 g/mol. The zero-order chi connectivity index (χ0) is 21.0. The minimum Gasteiger partial charge on any atom is -0.870 e. The fourth-order valence-electron chi connectivity index (χ4n) is 3.13. The summed E-state index contributed by atoms with van der Waals surface area (Å²) in [6.07, 6.45) is 1.30. The highest BCUT2D eigenvalue weighted by molar-refractivity contribution is 5.87. The molecule has 1 aliphatic rings. The summed E-state index contributed by atoms with van der Waals surface area (Å²) < 4.78 is 4.93. The van der Waals surface area contributed by atoms with E-state index < -0.39 is 10.7 Å². The first-order valence-electron chi connectivity index (χ1n) is 9.07. The van der Waals surface area contributed by atoms with E-state index in [9.17, 15) is 20.0 Å². The first-order valence-corrected chi connectivity index (χ1v) is 9.07. The molecule has 0 N–H and O–H groups in total. The zero-order valence-corrected chi connectivity index (χ0v) is 16.2. The molecule has 1 saturated heterocycles. The minimum atomic E-state index is -0.583. The number of hydrogen-bond acceptors (Lipinski definition) is 7. The highest BCUT2D eigenvalue weighted by Crippen LogP contribution is 2.31. The summed E-state index contributed by atoms with van der Waals surface area (Å²) in [7, 11) is 1.29. The number of non-ortho nitro benzene ring substituents is 1. The summed E-state index contributed by atoms with van der Waals surface area (Å²) >= 11 is 0. The SMILES string of the molecule is COc1cc([N+](=O)[O-])cc(C=Nc2ccc(N3CCN(C(C)=O)CC3)cc2)c1[O-]. The van der Waals surface area contributed by atoms with Crippen molar-refractivity contribution >= 4 is 29.2 Å². The molecule has 0 radical (unpaired) electrons. The van der Waals surface area contributed by atoms with Gasteiger partial charge < -0.3 is 19.6 Å². The van der Waals surface area contributed by atoms with Gasteiger partial charge in [-0.3, -0.25) is 19.9 Å². The van der Waals surface area contributed by atoms with Gasteiger partial charge in [0, 0.05) is 51.1 Å². The number of anilines is 1. The Kier molecular flexibility index (Phi) is 5.96. The van der Waals surface area contributed by atoms with Gasteiger partial charge in [0.25, 0.3) is 5.69 Å². The van der Waals surface area contributed by atoms with E-state index in [1.54, 1.807) is 6.92 Å². The van der Waals surface area contributed by atoms with Crippen LogP contribution in [0.3, 0.4) is 0 Å². The number of carbonyl (C=O) groups excluding carboxylic acids is 1. The van der Waals surface area contributed by atoms with Gasteiger partial charge in [-0.15, -0.1) is 0 Å². The van der Waals surface area contributed by atoms with Gasteiger partial charge in [0.05, 0.1) is 23.8 Å². The number of benzene rings is 2. The van der Waals surface area contributed by atoms with Crippen molar-refractivity contribution in [3.63, 3.8) is 0 Å². The van der Waals surface area contributed by atoms with Crippen LogP contribution in [-0.2, 0) is 4.79 Å². The van der Waals surface area contributed by atoms with Gasteiger partial charge in [0.1, 0.15) is 5.75 Å². The van der Waals surface area contributed by atoms with Crippen LogP contribution in [0.4, 0.5) is 17.1 Å². The molecular weight excluding hydrogens is 376 g/mol. The third kappa shape index (κ3) is 4.63. The Morgan fingerprint density at radius 3 is 2.38 bits per heavy atom. The van der Waals surface area contributed by atoms with E-state index in [2.05, 4.69) is 9.89 Å². The van der Waals surface area contributed by atoms with E-state index in [0.29, 0.717) is 18.8 Å². The average Bonchev–Trinajstić information content (AvgIpc) is 2.73.